The zero-order valence-electron chi connectivity index (χ0n) is 12.2. The Morgan fingerprint density at radius 2 is 1.71 bits per heavy atom. The van der Waals surface area contributed by atoms with E-state index >= 15 is 0 Å². The monoisotopic (exact) mass is 398 g/mol. The van der Waals surface area contributed by atoms with Crippen LogP contribution in [-0.2, 0) is 10.3 Å². The predicted molar refractivity (Wildman–Crippen MR) is 91.6 cm³/mol. The summed E-state index contributed by atoms with van der Waals surface area (Å²) < 4.78 is 11.9. The van der Waals surface area contributed by atoms with Gasteiger partial charge in [0.05, 0.1) is 6.61 Å². The van der Waals surface area contributed by atoms with E-state index in [-0.39, 0.29) is 0 Å². The number of halogens is 1. The van der Waals surface area contributed by atoms with E-state index in [1.807, 2.05) is 48.5 Å². The summed E-state index contributed by atoms with van der Waals surface area (Å²) in [4.78, 5) is 0. The third-order valence-electron chi connectivity index (χ3n) is 3.36. The lowest BCUT2D eigenvalue weighted by atomic mass is 9.87. The number of rotatable bonds is 6. The van der Waals surface area contributed by atoms with Crippen LogP contribution in [-0.4, -0.2) is 25.4 Å². The lowest BCUT2D eigenvalue weighted by Crippen LogP contribution is -2.24. The van der Waals surface area contributed by atoms with Gasteiger partial charge in [-0.25, -0.2) is 0 Å². The number of hydrogen-bond donors (Lipinski definition) is 1. The smallest absolute Gasteiger partial charge is 0.125 e. The number of para-hydroxylation sites is 1. The Hall–Kier alpha value is -1.11. The van der Waals surface area contributed by atoms with Gasteiger partial charge in [0.2, 0.25) is 0 Å². The van der Waals surface area contributed by atoms with E-state index in [0.29, 0.717) is 19.0 Å². The molecule has 2 rings (SSSR count). The molecular weight excluding hydrogens is 379 g/mol. The standard InChI is InChI=1S/C17H19IO3/c1-17(19,13-7-9-14(18)10-8-13)15-5-3-4-6-16(15)21-12-11-20-2/h3-10,19H,11-12H2,1-2H3. The van der Waals surface area contributed by atoms with Crippen LogP contribution in [0, 0.1) is 3.57 Å². The zero-order chi connectivity index (χ0) is 15.3. The van der Waals surface area contributed by atoms with Gasteiger partial charge in [-0.05, 0) is 53.3 Å². The first-order valence-corrected chi connectivity index (χ1v) is 7.83. The van der Waals surface area contributed by atoms with Crippen molar-refractivity contribution in [1.82, 2.24) is 0 Å². The van der Waals surface area contributed by atoms with E-state index in [4.69, 9.17) is 9.47 Å². The van der Waals surface area contributed by atoms with Gasteiger partial charge in [-0.15, -0.1) is 0 Å². The van der Waals surface area contributed by atoms with Crippen molar-refractivity contribution in [3.05, 3.63) is 63.2 Å². The first-order chi connectivity index (χ1) is 10.1. The van der Waals surface area contributed by atoms with Crippen LogP contribution in [0.4, 0.5) is 0 Å². The van der Waals surface area contributed by atoms with Crippen LogP contribution in [0.5, 0.6) is 5.75 Å². The Kier molecular flexibility index (Phi) is 5.61. The third-order valence-corrected chi connectivity index (χ3v) is 4.08. The van der Waals surface area contributed by atoms with Gasteiger partial charge < -0.3 is 14.6 Å². The van der Waals surface area contributed by atoms with Crippen LogP contribution in [0.25, 0.3) is 0 Å². The third kappa shape index (κ3) is 3.96. The van der Waals surface area contributed by atoms with Crippen LogP contribution in [0.1, 0.15) is 18.1 Å². The molecule has 0 radical (unpaired) electrons. The lowest BCUT2D eigenvalue weighted by molar-refractivity contribution is 0.0943. The maximum absolute atomic E-state index is 11.0. The van der Waals surface area contributed by atoms with Gasteiger partial charge in [-0.1, -0.05) is 30.3 Å². The molecule has 0 aromatic heterocycles. The van der Waals surface area contributed by atoms with Crippen molar-refractivity contribution in [2.75, 3.05) is 20.3 Å². The molecule has 2 aromatic carbocycles. The molecule has 2 aromatic rings. The molecule has 0 amide bonds. The summed E-state index contributed by atoms with van der Waals surface area (Å²) in [5.41, 5.74) is 0.488. The molecular formula is C17H19IO3. The molecule has 0 aliphatic rings. The van der Waals surface area contributed by atoms with Crippen molar-refractivity contribution in [2.45, 2.75) is 12.5 Å². The van der Waals surface area contributed by atoms with Gasteiger partial charge in [-0.2, -0.15) is 0 Å². The van der Waals surface area contributed by atoms with Gasteiger partial charge in [0.15, 0.2) is 0 Å². The second-order valence-corrected chi connectivity index (χ2v) is 6.16. The summed E-state index contributed by atoms with van der Waals surface area (Å²) in [7, 11) is 1.64. The van der Waals surface area contributed by atoms with E-state index in [2.05, 4.69) is 22.6 Å². The molecule has 0 saturated carbocycles. The Morgan fingerprint density at radius 3 is 2.38 bits per heavy atom. The van der Waals surface area contributed by atoms with Crippen LogP contribution in [0.3, 0.4) is 0 Å². The van der Waals surface area contributed by atoms with Crippen LogP contribution in [0.2, 0.25) is 0 Å². The minimum absolute atomic E-state index is 0.455. The Morgan fingerprint density at radius 1 is 1.05 bits per heavy atom. The van der Waals surface area contributed by atoms with Crippen LogP contribution >= 0.6 is 22.6 Å². The largest absolute Gasteiger partial charge is 0.491 e. The number of hydrogen-bond acceptors (Lipinski definition) is 3. The number of ether oxygens (including phenoxy) is 2. The molecule has 1 N–H and O–H groups in total. The fourth-order valence-corrected chi connectivity index (χ4v) is 2.52. The quantitative estimate of drug-likeness (QED) is 0.598. The second kappa shape index (κ2) is 7.24. The molecule has 3 nitrogen and oxygen atoms in total. The number of aliphatic hydroxyl groups is 1. The molecule has 0 aliphatic carbocycles. The number of benzene rings is 2. The minimum Gasteiger partial charge on any atom is -0.491 e. The highest BCUT2D eigenvalue weighted by Gasteiger charge is 2.28. The summed E-state index contributed by atoms with van der Waals surface area (Å²) in [6.45, 7) is 2.75. The fraction of sp³-hybridized carbons (Fsp3) is 0.294. The van der Waals surface area contributed by atoms with Gasteiger partial charge in [0, 0.05) is 16.2 Å². The van der Waals surface area contributed by atoms with Crippen molar-refractivity contribution in [2.24, 2.45) is 0 Å². The first kappa shape index (κ1) is 16.3. The first-order valence-electron chi connectivity index (χ1n) is 6.75. The predicted octanol–water partition coefficient (Wildman–Crippen LogP) is 3.57. The summed E-state index contributed by atoms with van der Waals surface area (Å²) in [6.07, 6.45) is 0. The highest BCUT2D eigenvalue weighted by atomic mass is 127. The zero-order valence-corrected chi connectivity index (χ0v) is 14.3. The number of methoxy groups -OCH3 is 1. The Labute approximate surface area is 139 Å². The molecule has 21 heavy (non-hydrogen) atoms. The normalized spacial score (nSPS) is 13.7. The minimum atomic E-state index is -1.10. The van der Waals surface area contributed by atoms with Gasteiger partial charge in [0.25, 0.3) is 0 Å². The highest BCUT2D eigenvalue weighted by Crippen LogP contribution is 2.35. The van der Waals surface area contributed by atoms with E-state index in [1.54, 1.807) is 14.0 Å². The second-order valence-electron chi connectivity index (χ2n) is 4.92. The van der Waals surface area contributed by atoms with E-state index in [0.717, 1.165) is 14.7 Å². The average molecular weight is 398 g/mol. The Bertz CT molecular complexity index is 579. The topological polar surface area (TPSA) is 38.7 Å². The molecule has 0 fully saturated rings. The van der Waals surface area contributed by atoms with Gasteiger partial charge in [0.1, 0.15) is 18.0 Å². The van der Waals surface area contributed by atoms with E-state index < -0.39 is 5.60 Å². The molecule has 0 aliphatic heterocycles. The lowest BCUT2D eigenvalue weighted by Gasteiger charge is -2.27. The molecule has 0 spiro atoms. The molecule has 0 saturated heterocycles. The van der Waals surface area contributed by atoms with Gasteiger partial charge in [-0.3, -0.25) is 0 Å². The van der Waals surface area contributed by atoms with Crippen molar-refractivity contribution in [3.63, 3.8) is 0 Å². The van der Waals surface area contributed by atoms with Crippen molar-refractivity contribution < 1.29 is 14.6 Å². The molecule has 1 unspecified atom stereocenters. The molecule has 0 heterocycles. The Balaban J connectivity index is 2.32. The molecule has 1 atom stereocenters. The summed E-state index contributed by atoms with van der Waals surface area (Å²) in [5.74, 6) is 0.679. The van der Waals surface area contributed by atoms with Crippen molar-refractivity contribution >= 4 is 22.6 Å². The average Bonchev–Trinajstić information content (AvgIpc) is 2.48. The molecule has 112 valence electrons. The summed E-state index contributed by atoms with van der Waals surface area (Å²) in [5, 5.41) is 11.0. The van der Waals surface area contributed by atoms with Crippen LogP contribution in [0.15, 0.2) is 48.5 Å². The van der Waals surface area contributed by atoms with Gasteiger partial charge >= 0.3 is 0 Å². The van der Waals surface area contributed by atoms with E-state index in [9.17, 15) is 5.11 Å². The van der Waals surface area contributed by atoms with Crippen molar-refractivity contribution in [3.8, 4) is 5.75 Å². The van der Waals surface area contributed by atoms with Crippen molar-refractivity contribution in [1.29, 1.82) is 0 Å². The highest BCUT2D eigenvalue weighted by molar-refractivity contribution is 14.1. The van der Waals surface area contributed by atoms with E-state index in [1.165, 1.54) is 0 Å². The SMILES string of the molecule is COCCOc1ccccc1C(C)(O)c1ccc(I)cc1. The summed E-state index contributed by atoms with van der Waals surface area (Å²) in [6, 6.07) is 15.4. The summed E-state index contributed by atoms with van der Waals surface area (Å²) >= 11 is 2.25. The maximum atomic E-state index is 11.0. The fourth-order valence-electron chi connectivity index (χ4n) is 2.16. The molecule has 0 bridgehead atoms. The van der Waals surface area contributed by atoms with Crippen LogP contribution < -0.4 is 4.74 Å². The molecule has 4 heteroatoms. The maximum Gasteiger partial charge on any atom is 0.125 e.